The molecule has 2 aliphatic rings. The van der Waals surface area contributed by atoms with Crippen molar-refractivity contribution in [2.24, 2.45) is 17.8 Å². The lowest BCUT2D eigenvalue weighted by Gasteiger charge is -2.38. The van der Waals surface area contributed by atoms with E-state index in [9.17, 15) is 0 Å². The highest BCUT2D eigenvalue weighted by molar-refractivity contribution is 4.82. The molecule has 178 valence electrons. The molecular formula is C29H56O. The number of rotatable bonds is 17. The highest BCUT2D eigenvalue weighted by atomic mass is 16.5. The summed E-state index contributed by atoms with van der Waals surface area (Å²) in [5.74, 6) is 3.14. The fraction of sp³-hybridized carbons (Fsp3) is 1.00. The summed E-state index contributed by atoms with van der Waals surface area (Å²) in [4.78, 5) is 0. The molecule has 0 unspecified atom stereocenters. The van der Waals surface area contributed by atoms with Crippen molar-refractivity contribution in [3.63, 3.8) is 0 Å². The molecule has 0 aromatic rings. The zero-order chi connectivity index (χ0) is 21.3. The third-order valence-corrected chi connectivity index (χ3v) is 8.34. The molecule has 0 atom stereocenters. The van der Waals surface area contributed by atoms with Crippen molar-refractivity contribution in [1.82, 2.24) is 0 Å². The molecular weight excluding hydrogens is 364 g/mol. The highest BCUT2D eigenvalue weighted by Gasteiger charge is 2.30. The molecule has 0 radical (unpaired) electrons. The minimum atomic E-state index is 0.588. The van der Waals surface area contributed by atoms with Gasteiger partial charge in [-0.2, -0.15) is 0 Å². The molecule has 0 N–H and O–H groups in total. The summed E-state index contributed by atoms with van der Waals surface area (Å²) in [6.45, 7) is 5.63. The van der Waals surface area contributed by atoms with Crippen molar-refractivity contribution < 1.29 is 4.74 Å². The third kappa shape index (κ3) is 11.5. The van der Waals surface area contributed by atoms with E-state index in [-0.39, 0.29) is 0 Å². The van der Waals surface area contributed by atoms with Gasteiger partial charge in [-0.05, 0) is 62.7 Å². The maximum atomic E-state index is 6.23. The topological polar surface area (TPSA) is 9.23 Å². The molecule has 0 saturated heterocycles. The molecule has 1 heteroatoms. The van der Waals surface area contributed by atoms with Crippen LogP contribution in [-0.4, -0.2) is 12.7 Å². The van der Waals surface area contributed by atoms with Crippen LogP contribution < -0.4 is 0 Å². The normalized spacial score (nSPS) is 27.4. The number of ether oxygens (including phenoxy) is 1. The van der Waals surface area contributed by atoms with Crippen LogP contribution in [0.4, 0.5) is 0 Å². The number of unbranched alkanes of at least 4 members (excludes halogenated alkanes) is 11. The van der Waals surface area contributed by atoms with Crippen LogP contribution in [0.2, 0.25) is 0 Å². The lowest BCUT2D eigenvalue weighted by Crippen LogP contribution is -2.28. The highest BCUT2D eigenvalue weighted by Crippen LogP contribution is 2.41. The fourth-order valence-corrected chi connectivity index (χ4v) is 6.20. The monoisotopic (exact) mass is 420 g/mol. The van der Waals surface area contributed by atoms with Crippen molar-refractivity contribution in [1.29, 1.82) is 0 Å². The standard InChI is InChI=1S/C29H56O/c1-3-5-7-9-11-12-14-16-26-17-19-27(20-18-26)28-21-23-29(24-22-28)30-25-15-13-10-8-6-4-2/h26-29H,3-25H2,1-2H3/t26?,27?,28-,29-. The summed E-state index contributed by atoms with van der Waals surface area (Å²) in [5, 5.41) is 0. The zero-order valence-corrected chi connectivity index (χ0v) is 21.0. The van der Waals surface area contributed by atoms with E-state index in [0.717, 1.165) is 24.4 Å². The van der Waals surface area contributed by atoms with Crippen LogP contribution in [0, 0.1) is 17.8 Å². The van der Waals surface area contributed by atoms with E-state index in [2.05, 4.69) is 13.8 Å². The van der Waals surface area contributed by atoms with Gasteiger partial charge in [0.2, 0.25) is 0 Å². The second kappa shape index (κ2) is 17.5. The maximum absolute atomic E-state index is 6.23. The molecule has 0 amide bonds. The summed E-state index contributed by atoms with van der Waals surface area (Å²) >= 11 is 0. The second-order valence-corrected chi connectivity index (χ2v) is 10.9. The molecule has 2 saturated carbocycles. The SMILES string of the molecule is CCCCCCCCCC1CCC([C@H]2CC[C@H](OCCCCCCCC)CC2)CC1. The summed E-state index contributed by atoms with van der Waals surface area (Å²) in [6, 6.07) is 0. The summed E-state index contributed by atoms with van der Waals surface area (Å²) < 4.78 is 6.23. The van der Waals surface area contributed by atoms with Crippen molar-refractivity contribution in [2.75, 3.05) is 6.61 Å². The van der Waals surface area contributed by atoms with Gasteiger partial charge in [0, 0.05) is 6.61 Å². The molecule has 2 aliphatic carbocycles. The van der Waals surface area contributed by atoms with Gasteiger partial charge < -0.3 is 4.74 Å². The van der Waals surface area contributed by atoms with Crippen LogP contribution in [-0.2, 0) is 4.74 Å². The van der Waals surface area contributed by atoms with Crippen LogP contribution in [0.5, 0.6) is 0 Å². The second-order valence-electron chi connectivity index (χ2n) is 10.9. The van der Waals surface area contributed by atoms with Gasteiger partial charge in [0.1, 0.15) is 0 Å². The van der Waals surface area contributed by atoms with Crippen LogP contribution in [0.3, 0.4) is 0 Å². The van der Waals surface area contributed by atoms with Gasteiger partial charge in [-0.3, -0.25) is 0 Å². The van der Waals surface area contributed by atoms with E-state index < -0.39 is 0 Å². The molecule has 1 nitrogen and oxygen atoms in total. The molecule has 0 aromatic carbocycles. The Morgan fingerprint density at radius 2 is 0.967 bits per heavy atom. The molecule has 0 aliphatic heterocycles. The molecule has 0 heterocycles. The number of hydrogen-bond acceptors (Lipinski definition) is 1. The van der Waals surface area contributed by atoms with E-state index >= 15 is 0 Å². The minimum Gasteiger partial charge on any atom is -0.378 e. The van der Waals surface area contributed by atoms with Crippen LogP contribution in [0.1, 0.15) is 155 Å². The maximum Gasteiger partial charge on any atom is 0.0575 e. The quantitative estimate of drug-likeness (QED) is 0.213. The van der Waals surface area contributed by atoms with Gasteiger partial charge in [-0.15, -0.1) is 0 Å². The molecule has 0 bridgehead atoms. The summed E-state index contributed by atoms with van der Waals surface area (Å²) in [5.41, 5.74) is 0. The molecule has 2 fully saturated rings. The Morgan fingerprint density at radius 1 is 0.500 bits per heavy atom. The van der Waals surface area contributed by atoms with E-state index in [1.165, 1.54) is 141 Å². The average molecular weight is 421 g/mol. The largest absolute Gasteiger partial charge is 0.378 e. The Labute approximate surface area is 190 Å². The first-order valence-corrected chi connectivity index (χ1v) is 14.4. The molecule has 0 aromatic heterocycles. The Morgan fingerprint density at radius 3 is 1.53 bits per heavy atom. The number of hydrogen-bond donors (Lipinski definition) is 0. The van der Waals surface area contributed by atoms with E-state index in [1.807, 2.05) is 0 Å². The first kappa shape index (κ1) is 26.2. The van der Waals surface area contributed by atoms with Gasteiger partial charge in [0.05, 0.1) is 6.10 Å². The third-order valence-electron chi connectivity index (χ3n) is 8.34. The first-order valence-electron chi connectivity index (χ1n) is 14.4. The first-order chi connectivity index (χ1) is 14.8. The van der Waals surface area contributed by atoms with Gasteiger partial charge >= 0.3 is 0 Å². The van der Waals surface area contributed by atoms with Crippen LogP contribution in [0.25, 0.3) is 0 Å². The van der Waals surface area contributed by atoms with Crippen molar-refractivity contribution in [3.05, 3.63) is 0 Å². The van der Waals surface area contributed by atoms with Gasteiger partial charge in [0.25, 0.3) is 0 Å². The van der Waals surface area contributed by atoms with Crippen molar-refractivity contribution in [2.45, 2.75) is 161 Å². The lowest BCUT2D eigenvalue weighted by atomic mass is 9.70. The Kier molecular flexibility index (Phi) is 15.3. The fourth-order valence-electron chi connectivity index (χ4n) is 6.20. The zero-order valence-electron chi connectivity index (χ0n) is 21.0. The summed E-state index contributed by atoms with van der Waals surface area (Å²) in [7, 11) is 0. The molecule has 2 rings (SSSR count). The minimum absolute atomic E-state index is 0.588. The van der Waals surface area contributed by atoms with Gasteiger partial charge in [0.15, 0.2) is 0 Å². The Hall–Kier alpha value is -0.0400. The van der Waals surface area contributed by atoms with Gasteiger partial charge in [-0.1, -0.05) is 110 Å². The molecule has 0 spiro atoms. The molecule has 30 heavy (non-hydrogen) atoms. The van der Waals surface area contributed by atoms with Gasteiger partial charge in [-0.25, -0.2) is 0 Å². The summed E-state index contributed by atoms with van der Waals surface area (Å²) in [6.07, 6.45) is 32.3. The van der Waals surface area contributed by atoms with Crippen molar-refractivity contribution in [3.8, 4) is 0 Å². The average Bonchev–Trinajstić information content (AvgIpc) is 2.79. The van der Waals surface area contributed by atoms with Crippen molar-refractivity contribution >= 4 is 0 Å². The van der Waals surface area contributed by atoms with E-state index in [1.54, 1.807) is 0 Å². The Bertz CT molecular complexity index is 327. The van der Waals surface area contributed by atoms with Crippen LogP contribution in [0.15, 0.2) is 0 Å². The lowest BCUT2D eigenvalue weighted by molar-refractivity contribution is 0.00526. The van der Waals surface area contributed by atoms with E-state index in [0.29, 0.717) is 6.10 Å². The van der Waals surface area contributed by atoms with Crippen LogP contribution >= 0.6 is 0 Å². The smallest absolute Gasteiger partial charge is 0.0575 e. The Balaban J connectivity index is 1.44. The predicted octanol–water partition coefficient (Wildman–Crippen LogP) is 9.87. The van der Waals surface area contributed by atoms with E-state index in [4.69, 9.17) is 4.74 Å². The predicted molar refractivity (Wildman–Crippen MR) is 133 cm³/mol.